The molecule has 0 spiro atoms. The van der Waals surface area contributed by atoms with E-state index in [0.717, 1.165) is 0 Å². The quantitative estimate of drug-likeness (QED) is 0.621. The average molecular weight is 263 g/mol. The second-order valence-electron chi connectivity index (χ2n) is 3.57. The minimum absolute atomic E-state index is 0.0770. The van der Waals surface area contributed by atoms with Crippen LogP contribution in [0.2, 0.25) is 0 Å². The van der Waals surface area contributed by atoms with Crippen molar-refractivity contribution in [1.29, 1.82) is 0 Å². The lowest BCUT2D eigenvalue weighted by atomic mass is 10.1. The van der Waals surface area contributed by atoms with Gasteiger partial charge in [-0.05, 0) is 18.2 Å². The Hall–Kier alpha value is -2.74. The highest BCUT2D eigenvalue weighted by molar-refractivity contribution is 5.96. The van der Waals surface area contributed by atoms with Crippen molar-refractivity contribution >= 4 is 28.2 Å². The minimum Gasteiger partial charge on any atom is -0.479 e. The fourth-order valence-corrected chi connectivity index (χ4v) is 1.57. The molecule has 0 aliphatic heterocycles. The summed E-state index contributed by atoms with van der Waals surface area (Å²) in [6.07, 6.45) is 1.48. The lowest BCUT2D eigenvalue weighted by Crippen LogP contribution is -2.11. The number of pyridine rings is 1. The van der Waals surface area contributed by atoms with Crippen molar-refractivity contribution in [2.45, 2.75) is 0 Å². The Labute approximate surface area is 106 Å². The first-order valence-electron chi connectivity index (χ1n) is 5.21. The van der Waals surface area contributed by atoms with Crippen LogP contribution >= 0.6 is 0 Å². The van der Waals surface area contributed by atoms with Crippen molar-refractivity contribution in [1.82, 2.24) is 4.98 Å². The van der Waals surface area contributed by atoms with Gasteiger partial charge in [0.15, 0.2) is 6.61 Å². The number of carboxylic acids is 1. The minimum atomic E-state index is -1.13. The van der Waals surface area contributed by atoms with Crippen LogP contribution in [0.5, 0.6) is 0 Å². The lowest BCUT2D eigenvalue weighted by Gasteiger charge is -2.08. The van der Waals surface area contributed by atoms with Crippen molar-refractivity contribution in [2.75, 3.05) is 12.1 Å². The number of nitrogens with one attached hydrogen (secondary N) is 1. The molecule has 0 saturated heterocycles. The van der Waals surface area contributed by atoms with E-state index in [-0.39, 0.29) is 5.69 Å². The standard InChI is InChI=1S/C11H9N3O5/c15-10(16)6-19-13-8-3-4-9(14(17)18)7-2-1-5-12-11(7)8/h1-5,13H,6H2,(H,15,16). The molecule has 0 unspecified atom stereocenters. The summed E-state index contributed by atoms with van der Waals surface area (Å²) in [5, 5.41) is 19.7. The maximum atomic E-state index is 10.9. The van der Waals surface area contributed by atoms with E-state index >= 15 is 0 Å². The summed E-state index contributed by atoms with van der Waals surface area (Å²) in [6, 6.07) is 5.85. The third-order valence-electron chi connectivity index (χ3n) is 2.32. The number of nitro groups is 1. The molecule has 0 saturated carbocycles. The number of carboxylic acid groups (broad SMARTS) is 1. The van der Waals surface area contributed by atoms with Crippen molar-refractivity contribution in [3.05, 3.63) is 40.6 Å². The predicted molar refractivity (Wildman–Crippen MR) is 65.6 cm³/mol. The second kappa shape index (κ2) is 5.27. The van der Waals surface area contributed by atoms with E-state index in [0.29, 0.717) is 16.6 Å². The summed E-state index contributed by atoms with van der Waals surface area (Å²) >= 11 is 0. The number of aromatic nitrogens is 1. The predicted octanol–water partition coefficient (Wildman–Crippen LogP) is 1.57. The van der Waals surface area contributed by atoms with Gasteiger partial charge in [0.1, 0.15) is 5.52 Å². The Morgan fingerprint density at radius 2 is 2.26 bits per heavy atom. The molecule has 0 atom stereocenters. The van der Waals surface area contributed by atoms with E-state index < -0.39 is 17.5 Å². The van der Waals surface area contributed by atoms with E-state index in [1.165, 1.54) is 18.3 Å². The highest BCUT2D eigenvalue weighted by Crippen LogP contribution is 2.29. The maximum absolute atomic E-state index is 10.9. The number of benzene rings is 1. The Morgan fingerprint density at radius 3 is 2.95 bits per heavy atom. The van der Waals surface area contributed by atoms with Crippen molar-refractivity contribution in [2.24, 2.45) is 0 Å². The molecule has 8 heteroatoms. The van der Waals surface area contributed by atoms with Crippen LogP contribution in [-0.4, -0.2) is 27.6 Å². The highest BCUT2D eigenvalue weighted by atomic mass is 16.7. The molecule has 1 heterocycles. The van der Waals surface area contributed by atoms with E-state index in [1.54, 1.807) is 12.1 Å². The number of carbonyl (C=O) groups is 1. The summed E-state index contributed by atoms with van der Waals surface area (Å²) in [4.78, 5) is 29.5. The summed E-state index contributed by atoms with van der Waals surface area (Å²) in [5.41, 5.74) is 3.04. The number of fused-ring (bicyclic) bond motifs is 1. The van der Waals surface area contributed by atoms with Gasteiger partial charge in [-0.25, -0.2) is 4.79 Å². The number of anilines is 1. The van der Waals surface area contributed by atoms with Gasteiger partial charge in [-0.3, -0.25) is 25.4 Å². The van der Waals surface area contributed by atoms with Crippen molar-refractivity contribution in [3.63, 3.8) is 0 Å². The molecule has 2 rings (SSSR count). The third-order valence-corrected chi connectivity index (χ3v) is 2.32. The molecule has 1 aromatic carbocycles. The van der Waals surface area contributed by atoms with Gasteiger partial charge >= 0.3 is 5.97 Å². The Kier molecular flexibility index (Phi) is 3.53. The largest absolute Gasteiger partial charge is 0.479 e. The fourth-order valence-electron chi connectivity index (χ4n) is 1.57. The molecule has 0 fully saturated rings. The van der Waals surface area contributed by atoms with Gasteiger partial charge in [-0.2, -0.15) is 0 Å². The average Bonchev–Trinajstić information content (AvgIpc) is 2.38. The third kappa shape index (κ3) is 2.75. The maximum Gasteiger partial charge on any atom is 0.332 e. The summed E-state index contributed by atoms with van der Waals surface area (Å²) in [5.74, 6) is -1.13. The molecule has 98 valence electrons. The summed E-state index contributed by atoms with van der Waals surface area (Å²) < 4.78 is 0. The molecule has 0 radical (unpaired) electrons. The van der Waals surface area contributed by atoms with Crippen LogP contribution in [0.25, 0.3) is 10.9 Å². The van der Waals surface area contributed by atoms with Crippen LogP contribution in [0.15, 0.2) is 30.5 Å². The lowest BCUT2D eigenvalue weighted by molar-refractivity contribution is -0.383. The Balaban J connectivity index is 2.38. The van der Waals surface area contributed by atoms with Crippen LogP contribution in [-0.2, 0) is 9.63 Å². The van der Waals surface area contributed by atoms with Gasteiger partial charge < -0.3 is 5.11 Å². The zero-order chi connectivity index (χ0) is 13.8. The Bertz CT molecular complexity index is 643. The van der Waals surface area contributed by atoms with Gasteiger partial charge in [0.05, 0.1) is 16.0 Å². The summed E-state index contributed by atoms with van der Waals surface area (Å²) in [7, 11) is 0. The van der Waals surface area contributed by atoms with Crippen LogP contribution in [0.3, 0.4) is 0 Å². The zero-order valence-electron chi connectivity index (χ0n) is 9.57. The smallest absolute Gasteiger partial charge is 0.332 e. The van der Waals surface area contributed by atoms with Gasteiger partial charge in [-0.1, -0.05) is 0 Å². The topological polar surface area (TPSA) is 115 Å². The number of nitrogens with zero attached hydrogens (tertiary/aromatic N) is 2. The highest BCUT2D eigenvalue weighted by Gasteiger charge is 2.14. The monoisotopic (exact) mass is 263 g/mol. The van der Waals surface area contributed by atoms with Crippen LogP contribution in [0.1, 0.15) is 0 Å². The molecule has 0 amide bonds. The summed E-state index contributed by atoms with van der Waals surface area (Å²) in [6.45, 7) is -0.536. The second-order valence-corrected chi connectivity index (χ2v) is 3.57. The number of nitro benzene ring substituents is 1. The molecule has 2 N–H and O–H groups in total. The number of rotatable bonds is 5. The molecular formula is C11H9N3O5. The van der Waals surface area contributed by atoms with E-state index in [4.69, 9.17) is 9.94 Å². The number of non-ortho nitro benzene ring substituents is 1. The molecule has 19 heavy (non-hydrogen) atoms. The fraction of sp³-hybridized carbons (Fsp3) is 0.0909. The van der Waals surface area contributed by atoms with Gasteiger partial charge in [0.2, 0.25) is 0 Å². The number of hydrogen-bond acceptors (Lipinski definition) is 6. The van der Waals surface area contributed by atoms with Crippen LogP contribution in [0.4, 0.5) is 11.4 Å². The molecular weight excluding hydrogens is 254 g/mol. The molecule has 0 bridgehead atoms. The molecule has 0 aliphatic rings. The van der Waals surface area contributed by atoms with Gasteiger partial charge in [0.25, 0.3) is 5.69 Å². The number of hydrogen-bond donors (Lipinski definition) is 2. The number of aliphatic carboxylic acids is 1. The zero-order valence-corrected chi connectivity index (χ0v) is 9.57. The molecule has 1 aromatic heterocycles. The first-order valence-corrected chi connectivity index (χ1v) is 5.21. The van der Waals surface area contributed by atoms with Gasteiger partial charge in [0, 0.05) is 12.3 Å². The van der Waals surface area contributed by atoms with Crippen LogP contribution < -0.4 is 5.48 Å². The SMILES string of the molecule is O=C(O)CONc1ccc([N+](=O)[O-])c2cccnc12. The normalized spacial score (nSPS) is 10.3. The first kappa shape index (κ1) is 12.7. The molecule has 2 aromatic rings. The molecule has 8 nitrogen and oxygen atoms in total. The first-order chi connectivity index (χ1) is 9.09. The van der Waals surface area contributed by atoms with E-state index in [9.17, 15) is 14.9 Å². The van der Waals surface area contributed by atoms with Crippen LogP contribution in [0, 0.1) is 10.1 Å². The van der Waals surface area contributed by atoms with Crippen molar-refractivity contribution in [3.8, 4) is 0 Å². The van der Waals surface area contributed by atoms with E-state index in [1.807, 2.05) is 0 Å². The van der Waals surface area contributed by atoms with E-state index in [2.05, 4.69) is 10.5 Å². The molecule has 0 aliphatic carbocycles. The van der Waals surface area contributed by atoms with Gasteiger partial charge in [-0.15, -0.1) is 0 Å². The van der Waals surface area contributed by atoms with Crippen molar-refractivity contribution < 1.29 is 19.7 Å². The Morgan fingerprint density at radius 1 is 1.47 bits per heavy atom.